The topological polar surface area (TPSA) is 464 Å². The van der Waals surface area contributed by atoms with Gasteiger partial charge in [-0.2, -0.15) is 0 Å². The zero-order valence-corrected chi connectivity index (χ0v) is 83.4. The number of nitrogens with zero attached hydrogens (tertiary/aromatic N) is 15. The number of nitrogens with two attached hydrogens (primary N) is 2. The predicted octanol–water partition coefficient (Wildman–Crippen LogP) is 12.9. The van der Waals surface area contributed by atoms with Crippen molar-refractivity contribution >= 4 is 107 Å². The minimum atomic E-state index is -1.24. The van der Waals surface area contributed by atoms with Gasteiger partial charge in [0, 0.05) is 36.5 Å². The zero-order chi connectivity index (χ0) is 101. The van der Waals surface area contributed by atoms with E-state index in [1.807, 2.05) is 177 Å². The molecule has 9 aliphatic heterocycles. The summed E-state index contributed by atoms with van der Waals surface area (Å²) in [5, 5.41) is 70.3. The number of ketones is 1. The second-order valence-corrected chi connectivity index (χ2v) is 42.8. The molecular weight excluding hydrogens is 1950 g/mol. The van der Waals surface area contributed by atoms with Gasteiger partial charge in [-0.05, 0) is 234 Å². The van der Waals surface area contributed by atoms with Gasteiger partial charge in [0.1, 0.15) is 197 Å². The fraction of sp³-hybridized carbons (Fsp3) is 0.430. The summed E-state index contributed by atoms with van der Waals surface area (Å²) < 4.78 is 89.8. The van der Waals surface area contributed by atoms with E-state index in [9.17, 15) is 35.4 Å². The lowest BCUT2D eigenvalue weighted by atomic mass is 9.85. The average molecular weight is 2060 g/mol. The lowest BCUT2D eigenvalue weighted by Crippen LogP contribution is -2.36. The summed E-state index contributed by atoms with van der Waals surface area (Å²) in [5.41, 5.74) is 31.8. The van der Waals surface area contributed by atoms with Crippen LogP contribution in [0.1, 0.15) is 199 Å². The minimum absolute atomic E-state index is 0.0902. The van der Waals surface area contributed by atoms with Gasteiger partial charge in [0.15, 0.2) is 66.2 Å². The molecule has 5 aromatic carbocycles. The van der Waals surface area contributed by atoms with Gasteiger partial charge in [-0.25, -0.2) is 49.8 Å². The lowest BCUT2D eigenvalue weighted by molar-refractivity contribution is -0.207. The van der Waals surface area contributed by atoms with E-state index in [2.05, 4.69) is 86.2 Å². The monoisotopic (exact) mass is 2060 g/mol. The van der Waals surface area contributed by atoms with Gasteiger partial charge in [-0.1, -0.05) is 120 Å². The Kier molecular flexibility index (Phi) is 24.1. The van der Waals surface area contributed by atoms with E-state index in [-0.39, 0.29) is 5.78 Å². The number of anilines is 2. The number of nitrogen functional groups attached to an aromatic ring is 2. The van der Waals surface area contributed by atoms with E-state index < -0.39 is 170 Å². The van der Waals surface area contributed by atoms with Crippen LogP contribution >= 0.6 is 34.8 Å². The first kappa shape index (κ1) is 96.4. The normalized spacial score (nSPS) is 29.5. The van der Waals surface area contributed by atoms with Gasteiger partial charge in [0.2, 0.25) is 0 Å². The maximum Gasteiger partial charge on any atom is 0.194 e. The Hall–Kier alpha value is -11.4. The molecule has 0 radical (unpaired) electrons. The molecule has 147 heavy (non-hydrogen) atoms. The quantitative estimate of drug-likeness (QED) is 0.0349. The molecule has 14 aliphatic rings. The third-order valence-electron chi connectivity index (χ3n) is 30.9. The molecule has 0 unspecified atom stereocenters. The van der Waals surface area contributed by atoms with Crippen LogP contribution in [0.25, 0.3) is 55.2 Å². The number of aromatic nitrogens is 15. The van der Waals surface area contributed by atoms with E-state index in [0.29, 0.717) is 71.8 Å². The molecule has 0 spiro atoms. The van der Waals surface area contributed by atoms with Crippen molar-refractivity contribution in [1.82, 2.24) is 72.7 Å². The lowest BCUT2D eigenvalue weighted by Gasteiger charge is -2.28. The maximum atomic E-state index is 13.4. The maximum absolute atomic E-state index is 13.4. The van der Waals surface area contributed by atoms with Gasteiger partial charge in [-0.15, -0.1) is 0 Å². The molecule has 10 aromatic heterocycles. The molecule has 9 fully saturated rings. The number of benzene rings is 5. The van der Waals surface area contributed by atoms with Crippen molar-refractivity contribution in [1.29, 1.82) is 0 Å². The number of halogens is 3. The van der Waals surface area contributed by atoms with Crippen molar-refractivity contribution in [3.63, 3.8) is 0 Å². The number of ether oxygens (including phenoxy) is 13. The van der Waals surface area contributed by atoms with Crippen LogP contribution in [0.15, 0.2) is 184 Å². The van der Waals surface area contributed by atoms with E-state index in [0.717, 1.165) is 102 Å². The summed E-state index contributed by atoms with van der Waals surface area (Å²) in [6.45, 7) is 15.0. The van der Waals surface area contributed by atoms with E-state index in [4.69, 9.17) is 108 Å². The van der Waals surface area contributed by atoms with E-state index >= 15 is 0 Å². The highest BCUT2D eigenvalue weighted by molar-refractivity contribution is 6.34. The van der Waals surface area contributed by atoms with Crippen molar-refractivity contribution < 1.29 is 97.0 Å². The SMILES string of the molecule is CC1(C)O[C@@H]2[C@H](O1)[C@@H](C(=O)c1ccc3c(c1)CC3)O[C@H]2n1ccc2c(Cl)ncnc21.CC1(C)O[C@H]2[C@@H](O1)[C@H](n1ccc3c(Cl)ncnc31)O[C@@H]2[C@@H](O)c1ccc2c(c1)CC2.CC1(C)O[C@H]2[C@@H](O1)[C@H](n1ccc3c(Cl)ncnc31)O[C@@H]2[C@H](O)c1ccc2c(c1)CC2.CC1(C)O[C@H]2[C@@H](O1)[C@H](n1ccc3c(N)ncnc31)O[C@@H]2[C@H](O)c1ccc2c(c1)CC2.Nc1ncnc2c1ccn2[C@@H]1O[C@H]([C@H](O)c2ccc3c(c2)CC3)[C@@H](O)[C@H]1O. The molecular formula is C107H108Cl3N17O20. The third kappa shape index (κ3) is 16.9. The molecule has 762 valence electrons. The highest BCUT2D eigenvalue weighted by Crippen LogP contribution is 2.54. The Labute approximate surface area is 856 Å². The highest BCUT2D eigenvalue weighted by atomic mass is 35.5. The summed E-state index contributed by atoms with van der Waals surface area (Å²) in [6.07, 6.45) is 10.9. The Bertz CT molecular complexity index is 7280. The predicted molar refractivity (Wildman–Crippen MR) is 532 cm³/mol. The van der Waals surface area contributed by atoms with Crippen molar-refractivity contribution in [2.45, 2.75) is 290 Å². The number of fused-ring (bicyclic) bond motifs is 14. The summed E-state index contributed by atoms with van der Waals surface area (Å²) in [5.74, 6) is -2.48. The van der Waals surface area contributed by atoms with Crippen LogP contribution in [0.2, 0.25) is 15.5 Å². The zero-order valence-electron chi connectivity index (χ0n) is 81.1. The van der Waals surface area contributed by atoms with Crippen LogP contribution < -0.4 is 11.5 Å². The molecule has 0 saturated carbocycles. The Morgan fingerprint density at radius 1 is 0.306 bits per heavy atom. The number of carbonyl (C=O) groups excluding carboxylic acids is 1. The van der Waals surface area contributed by atoms with Crippen molar-refractivity contribution in [3.05, 3.63) is 283 Å². The van der Waals surface area contributed by atoms with Crippen molar-refractivity contribution in [3.8, 4) is 0 Å². The molecule has 15 aromatic rings. The number of aliphatic hydroxyl groups excluding tert-OH is 6. The minimum Gasteiger partial charge on any atom is -0.387 e. The Morgan fingerprint density at radius 2 is 0.565 bits per heavy atom. The second kappa shape index (κ2) is 36.8. The van der Waals surface area contributed by atoms with Gasteiger partial charge in [0.05, 0.1) is 26.9 Å². The number of hydrogen-bond donors (Lipinski definition) is 8. The summed E-state index contributed by atoms with van der Waals surface area (Å²) >= 11 is 18.7. The summed E-state index contributed by atoms with van der Waals surface area (Å²) in [7, 11) is 0. The van der Waals surface area contributed by atoms with Crippen LogP contribution in [-0.4, -0.2) is 224 Å². The molecule has 24 atom stereocenters. The molecule has 5 aliphatic carbocycles. The Balaban J connectivity index is 0.0000000957. The fourth-order valence-corrected chi connectivity index (χ4v) is 23.7. The van der Waals surface area contributed by atoms with Crippen molar-refractivity contribution in [2.75, 3.05) is 11.5 Å². The van der Waals surface area contributed by atoms with Gasteiger partial charge in [0.25, 0.3) is 0 Å². The average Bonchev–Trinajstić information content (AvgIpc) is 1.59. The standard InChI is InChI=1S/2C22H22ClN3O4.C22H20ClN3O4.C22H24N4O4.C19H20N4O4/c4*1-22(2)29-17-16(15(27)13-6-4-11-3-5-12(11)9-13)28-21(18(17)30-22)26-8-7-14-19(23)24-10-25-20(14)26;20-17-12-5-6-23(18(12)22-8-21-17)19-15(26)14(25)16(27-19)13(24)11-4-2-9-1-3-10(9)7-11/h2*4,6-10,15-18,21,27H,3,5H2,1-2H3;4,6-10,16-18,21H,3,5H2,1-2H3;4,6-10,15-18,21,27H,3,5H2,1-2H3,(H2,23,24,25);2,4-8,13-16,19,24-26H,1,3H2,(H2,20,21,22)/t15-,16+,17+,18+,21+;15-,16-,17-,18-,21-;16-,17-,18-,21-;15-,16-,17-,18-,21-;13-,14+,15-,16-,19-/m01111/s1. The highest BCUT2D eigenvalue weighted by Gasteiger charge is 2.63. The number of Topliss-reactive ketones (excluding diaryl/α,β-unsaturated/α-hetero) is 1. The third-order valence-corrected chi connectivity index (χ3v) is 31.8. The van der Waals surface area contributed by atoms with E-state index in [1.165, 1.54) is 87.3 Å². The Morgan fingerprint density at radius 3 is 0.884 bits per heavy atom. The molecule has 37 nitrogen and oxygen atoms in total. The largest absolute Gasteiger partial charge is 0.387 e. The van der Waals surface area contributed by atoms with E-state index in [1.54, 1.807) is 16.8 Å². The molecule has 40 heteroatoms. The van der Waals surface area contributed by atoms with Crippen LogP contribution in [0, 0.1) is 0 Å². The first-order valence-electron chi connectivity index (χ1n) is 49.7. The first-order chi connectivity index (χ1) is 70.7. The summed E-state index contributed by atoms with van der Waals surface area (Å²) in [6, 6.07) is 39.3. The first-order valence-corrected chi connectivity index (χ1v) is 50.8. The molecule has 19 heterocycles. The number of hydrogen-bond acceptors (Lipinski definition) is 32. The van der Waals surface area contributed by atoms with Gasteiger partial charge in [-0.3, -0.25) is 4.79 Å². The fourth-order valence-electron chi connectivity index (χ4n) is 23.1. The van der Waals surface area contributed by atoms with Gasteiger partial charge < -0.3 is 127 Å². The molecule has 9 saturated heterocycles. The van der Waals surface area contributed by atoms with Crippen LogP contribution in [0.3, 0.4) is 0 Å². The smallest absolute Gasteiger partial charge is 0.194 e. The van der Waals surface area contributed by atoms with Crippen LogP contribution in [0.4, 0.5) is 11.6 Å². The number of aryl methyl sites for hydroxylation is 10. The molecule has 10 N–H and O–H groups in total. The van der Waals surface area contributed by atoms with Crippen LogP contribution in [-0.2, 0) is 126 Å². The number of carbonyl (C=O) groups is 1. The number of rotatable bonds is 15. The molecule has 0 amide bonds. The summed E-state index contributed by atoms with van der Waals surface area (Å²) in [4.78, 5) is 55.2. The molecule has 0 bridgehead atoms. The van der Waals surface area contributed by atoms with Gasteiger partial charge >= 0.3 is 0 Å². The number of aliphatic hydroxyl groups is 6. The molecule has 29 rings (SSSR count). The second-order valence-electron chi connectivity index (χ2n) is 41.7. The van der Waals surface area contributed by atoms with Crippen molar-refractivity contribution in [2.24, 2.45) is 0 Å². The van der Waals surface area contributed by atoms with Crippen LogP contribution in [0.5, 0.6) is 0 Å².